The fourth-order valence-corrected chi connectivity index (χ4v) is 3.29. The van der Waals surface area contributed by atoms with Crippen LogP contribution in [-0.4, -0.2) is 16.9 Å². The molecule has 2 aromatic rings. The molecule has 1 fully saturated rings. The van der Waals surface area contributed by atoms with Crippen LogP contribution in [0, 0.1) is 5.92 Å². The lowest BCUT2D eigenvalue weighted by molar-refractivity contribution is -0.117. The van der Waals surface area contributed by atoms with Gasteiger partial charge in [-0.3, -0.25) is 9.78 Å². The molecule has 1 saturated carbocycles. The molecule has 0 spiro atoms. The van der Waals surface area contributed by atoms with Gasteiger partial charge in [-0.15, -0.1) is 0 Å². The lowest BCUT2D eigenvalue weighted by atomic mass is 9.85. The summed E-state index contributed by atoms with van der Waals surface area (Å²) in [6, 6.07) is 7.36. The van der Waals surface area contributed by atoms with Gasteiger partial charge in [-0.05, 0) is 35.9 Å². The summed E-state index contributed by atoms with van der Waals surface area (Å²) in [5, 5.41) is 5.06. The second-order valence-corrected chi connectivity index (χ2v) is 6.27. The third-order valence-electron chi connectivity index (χ3n) is 4.56. The molecule has 4 nitrogen and oxygen atoms in total. The first-order chi connectivity index (χ1) is 10.7. The zero-order valence-electron chi connectivity index (χ0n) is 12.8. The quantitative estimate of drug-likeness (QED) is 0.908. The van der Waals surface area contributed by atoms with Crippen molar-refractivity contribution >= 4 is 22.4 Å². The van der Waals surface area contributed by atoms with Gasteiger partial charge < -0.3 is 11.1 Å². The molecular weight excluding hydrogens is 274 g/mol. The number of amides is 1. The Morgan fingerprint density at radius 1 is 1.23 bits per heavy atom. The number of nitrogens with one attached hydrogen (secondary N) is 1. The van der Waals surface area contributed by atoms with E-state index in [2.05, 4.69) is 10.3 Å². The average Bonchev–Trinajstić information content (AvgIpc) is 2.55. The molecule has 1 aliphatic rings. The molecule has 1 aliphatic carbocycles. The van der Waals surface area contributed by atoms with Crippen LogP contribution in [0.2, 0.25) is 0 Å². The molecule has 1 amide bonds. The van der Waals surface area contributed by atoms with Crippen molar-refractivity contribution in [3.63, 3.8) is 0 Å². The Morgan fingerprint density at radius 3 is 2.86 bits per heavy atom. The van der Waals surface area contributed by atoms with Gasteiger partial charge in [0.25, 0.3) is 0 Å². The number of anilines is 1. The SMILES string of the molecule is NC(CC1CCCCC1)C(=O)Nc1ccc2ccncc2c1. The number of nitrogens with zero attached hydrogens (tertiary/aromatic N) is 1. The molecule has 1 heterocycles. The van der Waals surface area contributed by atoms with Crippen LogP contribution in [0.1, 0.15) is 38.5 Å². The summed E-state index contributed by atoms with van der Waals surface area (Å²) < 4.78 is 0. The summed E-state index contributed by atoms with van der Waals surface area (Å²) >= 11 is 0. The van der Waals surface area contributed by atoms with E-state index in [1.165, 1.54) is 32.1 Å². The summed E-state index contributed by atoms with van der Waals surface area (Å²) in [6.07, 6.45) is 10.6. The molecule has 1 aromatic heterocycles. The van der Waals surface area contributed by atoms with Crippen molar-refractivity contribution in [2.24, 2.45) is 11.7 Å². The van der Waals surface area contributed by atoms with Gasteiger partial charge in [-0.1, -0.05) is 38.2 Å². The molecule has 22 heavy (non-hydrogen) atoms. The smallest absolute Gasteiger partial charge is 0.241 e. The molecule has 116 valence electrons. The van der Waals surface area contributed by atoms with Gasteiger partial charge in [-0.25, -0.2) is 0 Å². The number of hydrogen-bond acceptors (Lipinski definition) is 3. The normalized spacial score (nSPS) is 17.3. The van der Waals surface area contributed by atoms with E-state index >= 15 is 0 Å². The first-order valence-corrected chi connectivity index (χ1v) is 8.12. The van der Waals surface area contributed by atoms with Crippen LogP contribution in [0.3, 0.4) is 0 Å². The molecule has 4 heteroatoms. The summed E-state index contributed by atoms with van der Waals surface area (Å²) in [6.45, 7) is 0. The number of carbonyl (C=O) groups excluding carboxylic acids is 1. The monoisotopic (exact) mass is 297 g/mol. The van der Waals surface area contributed by atoms with Gasteiger partial charge in [-0.2, -0.15) is 0 Å². The summed E-state index contributed by atoms with van der Waals surface area (Å²) in [7, 11) is 0. The van der Waals surface area contributed by atoms with Crippen LogP contribution < -0.4 is 11.1 Å². The fraction of sp³-hybridized carbons (Fsp3) is 0.444. The fourth-order valence-electron chi connectivity index (χ4n) is 3.29. The van der Waals surface area contributed by atoms with E-state index in [9.17, 15) is 4.79 Å². The molecule has 0 bridgehead atoms. The van der Waals surface area contributed by atoms with Gasteiger partial charge in [0, 0.05) is 23.5 Å². The summed E-state index contributed by atoms with van der Waals surface area (Å²) in [5.74, 6) is 0.518. The standard InChI is InChI=1S/C18H23N3O/c19-17(10-13-4-2-1-3-5-13)18(22)21-16-7-6-14-8-9-20-12-15(14)11-16/h6-9,11-13,17H,1-5,10,19H2,(H,21,22). The number of hydrogen-bond donors (Lipinski definition) is 2. The van der Waals surface area contributed by atoms with Gasteiger partial charge in [0.15, 0.2) is 0 Å². The predicted molar refractivity (Wildman–Crippen MR) is 89.5 cm³/mol. The van der Waals surface area contributed by atoms with Gasteiger partial charge in [0.2, 0.25) is 5.91 Å². The summed E-state index contributed by atoms with van der Waals surface area (Å²) in [5.41, 5.74) is 6.87. The van der Waals surface area contributed by atoms with Crippen molar-refractivity contribution in [1.82, 2.24) is 4.98 Å². The number of carbonyl (C=O) groups is 1. The van der Waals surface area contributed by atoms with Crippen molar-refractivity contribution in [2.45, 2.75) is 44.6 Å². The van der Waals surface area contributed by atoms with Crippen LogP contribution in [0.25, 0.3) is 10.8 Å². The Hall–Kier alpha value is -1.94. The number of benzene rings is 1. The number of rotatable bonds is 4. The number of aromatic nitrogens is 1. The molecule has 0 aliphatic heterocycles. The van der Waals surface area contributed by atoms with Crippen molar-refractivity contribution in [2.75, 3.05) is 5.32 Å². The van der Waals surface area contributed by atoms with Gasteiger partial charge in [0.1, 0.15) is 0 Å². The first kappa shape index (κ1) is 15.0. The molecule has 3 rings (SSSR count). The lowest BCUT2D eigenvalue weighted by Crippen LogP contribution is -2.37. The molecule has 1 unspecified atom stereocenters. The zero-order valence-corrected chi connectivity index (χ0v) is 12.8. The third-order valence-corrected chi connectivity index (χ3v) is 4.56. The average molecular weight is 297 g/mol. The summed E-state index contributed by atoms with van der Waals surface area (Å²) in [4.78, 5) is 16.4. The van der Waals surface area contributed by atoms with Crippen LogP contribution in [0.15, 0.2) is 36.7 Å². The molecule has 3 N–H and O–H groups in total. The van der Waals surface area contributed by atoms with Crippen LogP contribution in [0.4, 0.5) is 5.69 Å². The highest BCUT2D eigenvalue weighted by Gasteiger charge is 2.21. The molecule has 1 atom stereocenters. The topological polar surface area (TPSA) is 68.0 Å². The molecular formula is C18H23N3O. The van der Waals surface area contributed by atoms with Crippen LogP contribution in [0.5, 0.6) is 0 Å². The van der Waals surface area contributed by atoms with Crippen molar-refractivity contribution in [1.29, 1.82) is 0 Å². The van der Waals surface area contributed by atoms with E-state index in [0.717, 1.165) is 22.9 Å². The minimum atomic E-state index is -0.423. The highest BCUT2D eigenvalue weighted by molar-refractivity contribution is 5.97. The van der Waals surface area contributed by atoms with E-state index in [1.807, 2.05) is 24.3 Å². The minimum Gasteiger partial charge on any atom is -0.325 e. The van der Waals surface area contributed by atoms with E-state index < -0.39 is 6.04 Å². The second kappa shape index (κ2) is 6.88. The maximum atomic E-state index is 12.3. The highest BCUT2D eigenvalue weighted by Crippen LogP contribution is 2.27. The van der Waals surface area contributed by atoms with E-state index in [1.54, 1.807) is 12.4 Å². The third kappa shape index (κ3) is 3.63. The number of fused-ring (bicyclic) bond motifs is 1. The van der Waals surface area contributed by atoms with Crippen molar-refractivity contribution in [3.05, 3.63) is 36.7 Å². The van der Waals surface area contributed by atoms with E-state index in [4.69, 9.17) is 5.73 Å². The maximum Gasteiger partial charge on any atom is 0.241 e. The second-order valence-electron chi connectivity index (χ2n) is 6.27. The lowest BCUT2D eigenvalue weighted by Gasteiger charge is -2.24. The van der Waals surface area contributed by atoms with E-state index in [-0.39, 0.29) is 5.91 Å². The Bertz CT molecular complexity index is 650. The number of pyridine rings is 1. The first-order valence-electron chi connectivity index (χ1n) is 8.12. The maximum absolute atomic E-state index is 12.3. The van der Waals surface area contributed by atoms with Gasteiger partial charge in [0.05, 0.1) is 6.04 Å². The highest BCUT2D eigenvalue weighted by atomic mass is 16.2. The van der Waals surface area contributed by atoms with E-state index in [0.29, 0.717) is 5.92 Å². The predicted octanol–water partition coefficient (Wildman–Crippen LogP) is 3.47. The van der Waals surface area contributed by atoms with Crippen LogP contribution >= 0.6 is 0 Å². The Labute approximate surface area is 131 Å². The van der Waals surface area contributed by atoms with Crippen LogP contribution in [-0.2, 0) is 4.79 Å². The van der Waals surface area contributed by atoms with Crippen molar-refractivity contribution in [3.8, 4) is 0 Å². The minimum absolute atomic E-state index is 0.0891. The van der Waals surface area contributed by atoms with Crippen molar-refractivity contribution < 1.29 is 4.79 Å². The largest absolute Gasteiger partial charge is 0.325 e. The molecule has 1 aromatic carbocycles. The molecule has 0 saturated heterocycles. The zero-order chi connectivity index (χ0) is 15.4. The Kier molecular flexibility index (Phi) is 4.68. The number of nitrogens with two attached hydrogens (primary N) is 1. The Balaban J connectivity index is 1.61. The Morgan fingerprint density at radius 2 is 2.05 bits per heavy atom. The van der Waals surface area contributed by atoms with Gasteiger partial charge >= 0.3 is 0 Å². The molecule has 0 radical (unpaired) electrons.